The number of pyridine rings is 1. The van der Waals surface area contributed by atoms with Crippen molar-refractivity contribution in [2.24, 2.45) is 5.92 Å². The Bertz CT molecular complexity index is 653. The second-order valence-corrected chi connectivity index (χ2v) is 5.29. The van der Waals surface area contributed by atoms with E-state index >= 15 is 0 Å². The summed E-state index contributed by atoms with van der Waals surface area (Å²) in [5.74, 6) is 0.325. The first-order chi connectivity index (χ1) is 9.88. The van der Waals surface area contributed by atoms with E-state index in [0.717, 1.165) is 0 Å². The first kappa shape index (κ1) is 15.0. The summed E-state index contributed by atoms with van der Waals surface area (Å²) < 4.78 is 1.40. The van der Waals surface area contributed by atoms with Gasteiger partial charge in [0.05, 0.1) is 28.6 Å². The maximum Gasteiger partial charge on any atom is 0.289 e. The molecule has 8 nitrogen and oxygen atoms in total. The monoisotopic (exact) mass is 291 g/mol. The predicted molar refractivity (Wildman–Crippen MR) is 75.0 cm³/mol. The third-order valence-corrected chi connectivity index (χ3v) is 3.05. The lowest BCUT2D eigenvalue weighted by molar-refractivity contribution is -0.385. The molecule has 0 aromatic carbocycles. The van der Waals surface area contributed by atoms with Crippen molar-refractivity contribution in [1.82, 2.24) is 20.0 Å². The van der Waals surface area contributed by atoms with Gasteiger partial charge in [-0.2, -0.15) is 0 Å². The van der Waals surface area contributed by atoms with Gasteiger partial charge in [-0.15, -0.1) is 5.10 Å². The molecule has 0 aliphatic carbocycles. The highest BCUT2D eigenvalue weighted by atomic mass is 16.6. The number of nitrogens with zero attached hydrogens (tertiary/aromatic N) is 5. The van der Waals surface area contributed by atoms with Crippen LogP contribution in [-0.2, 0) is 0 Å². The fourth-order valence-corrected chi connectivity index (χ4v) is 1.96. The first-order valence-corrected chi connectivity index (χ1v) is 6.60. The Labute approximate surface area is 121 Å². The summed E-state index contributed by atoms with van der Waals surface area (Å²) in [7, 11) is 0. The van der Waals surface area contributed by atoms with E-state index in [0.29, 0.717) is 29.4 Å². The maximum absolute atomic E-state index is 10.8. The standard InChI is InChI=1S/C13H17N5O3/c1-8(2)4-13(19)11-7-17(16-15-11)12-5-10(18(20)21)6-14-9(12)3/h5-8,13,19H,4H2,1-3H3. The molecule has 0 aliphatic rings. The van der Waals surface area contributed by atoms with Crippen LogP contribution in [0.25, 0.3) is 5.69 Å². The van der Waals surface area contributed by atoms with Gasteiger partial charge in [0.1, 0.15) is 11.9 Å². The lowest BCUT2D eigenvalue weighted by Gasteiger charge is -2.09. The highest BCUT2D eigenvalue weighted by Gasteiger charge is 2.17. The number of hydrogen-bond acceptors (Lipinski definition) is 6. The van der Waals surface area contributed by atoms with E-state index in [1.165, 1.54) is 16.9 Å². The molecule has 0 bridgehead atoms. The number of aromatic nitrogens is 4. The van der Waals surface area contributed by atoms with Gasteiger partial charge in [-0.05, 0) is 19.3 Å². The van der Waals surface area contributed by atoms with Crippen LogP contribution < -0.4 is 0 Å². The van der Waals surface area contributed by atoms with Crippen molar-refractivity contribution in [1.29, 1.82) is 0 Å². The number of aryl methyl sites for hydroxylation is 1. The molecule has 0 spiro atoms. The normalized spacial score (nSPS) is 12.6. The molecule has 1 unspecified atom stereocenters. The second-order valence-electron chi connectivity index (χ2n) is 5.29. The Morgan fingerprint density at radius 1 is 1.48 bits per heavy atom. The zero-order valence-corrected chi connectivity index (χ0v) is 12.1. The molecule has 0 fully saturated rings. The van der Waals surface area contributed by atoms with Gasteiger partial charge < -0.3 is 5.11 Å². The van der Waals surface area contributed by atoms with E-state index in [1.807, 2.05) is 13.8 Å². The average molecular weight is 291 g/mol. The van der Waals surface area contributed by atoms with Crippen LogP contribution in [0.1, 0.15) is 37.8 Å². The van der Waals surface area contributed by atoms with Crippen molar-refractivity contribution in [3.8, 4) is 5.69 Å². The van der Waals surface area contributed by atoms with Crippen LogP contribution in [0.2, 0.25) is 0 Å². The van der Waals surface area contributed by atoms with E-state index < -0.39 is 11.0 Å². The molecule has 2 aromatic rings. The van der Waals surface area contributed by atoms with E-state index in [-0.39, 0.29) is 5.69 Å². The van der Waals surface area contributed by atoms with Crippen molar-refractivity contribution >= 4 is 5.69 Å². The first-order valence-electron chi connectivity index (χ1n) is 6.60. The van der Waals surface area contributed by atoms with Crippen LogP contribution in [0.3, 0.4) is 0 Å². The van der Waals surface area contributed by atoms with Gasteiger partial charge in [0.2, 0.25) is 0 Å². The third kappa shape index (κ3) is 3.40. The summed E-state index contributed by atoms with van der Waals surface area (Å²) in [6.45, 7) is 5.73. The summed E-state index contributed by atoms with van der Waals surface area (Å²) in [6, 6.07) is 1.38. The van der Waals surface area contributed by atoms with Crippen molar-refractivity contribution < 1.29 is 10.0 Å². The van der Waals surface area contributed by atoms with Crippen LogP contribution >= 0.6 is 0 Å². The molecular weight excluding hydrogens is 274 g/mol. The zero-order chi connectivity index (χ0) is 15.6. The largest absolute Gasteiger partial charge is 0.387 e. The molecule has 1 N–H and O–H groups in total. The molecular formula is C13H17N5O3. The fraction of sp³-hybridized carbons (Fsp3) is 0.462. The molecule has 0 aliphatic heterocycles. The van der Waals surface area contributed by atoms with Crippen molar-refractivity contribution in [2.75, 3.05) is 0 Å². The Morgan fingerprint density at radius 2 is 2.19 bits per heavy atom. The average Bonchev–Trinajstić information content (AvgIpc) is 2.87. The minimum atomic E-state index is -0.703. The highest BCUT2D eigenvalue weighted by molar-refractivity contribution is 5.43. The molecule has 21 heavy (non-hydrogen) atoms. The van der Waals surface area contributed by atoms with Crippen molar-refractivity contribution in [3.63, 3.8) is 0 Å². The second kappa shape index (κ2) is 5.96. The van der Waals surface area contributed by atoms with Gasteiger partial charge in [-0.25, -0.2) is 4.68 Å². The van der Waals surface area contributed by atoms with Crippen LogP contribution in [0.15, 0.2) is 18.5 Å². The molecule has 112 valence electrons. The van der Waals surface area contributed by atoms with Gasteiger partial charge in [0.15, 0.2) is 0 Å². The van der Waals surface area contributed by atoms with Crippen LogP contribution in [0, 0.1) is 23.0 Å². The highest BCUT2D eigenvalue weighted by Crippen LogP contribution is 2.22. The number of nitro groups is 1. The molecule has 0 saturated carbocycles. The van der Waals surface area contributed by atoms with Gasteiger partial charge in [0.25, 0.3) is 5.69 Å². The predicted octanol–water partition coefficient (Wildman–Crippen LogP) is 1.96. The summed E-state index contributed by atoms with van der Waals surface area (Å²) in [5, 5.41) is 28.7. The van der Waals surface area contributed by atoms with Gasteiger partial charge in [0, 0.05) is 6.07 Å². The zero-order valence-electron chi connectivity index (χ0n) is 12.1. The summed E-state index contributed by atoms with van der Waals surface area (Å²) in [6.07, 6.45) is 2.64. The Balaban J connectivity index is 2.33. The lowest BCUT2D eigenvalue weighted by atomic mass is 10.0. The number of rotatable bonds is 5. The Hall–Kier alpha value is -2.35. The third-order valence-electron chi connectivity index (χ3n) is 3.05. The van der Waals surface area contributed by atoms with E-state index in [4.69, 9.17) is 0 Å². The number of hydrogen-bond donors (Lipinski definition) is 1. The fourth-order valence-electron chi connectivity index (χ4n) is 1.96. The van der Waals surface area contributed by atoms with Crippen molar-refractivity contribution in [2.45, 2.75) is 33.3 Å². The van der Waals surface area contributed by atoms with Crippen LogP contribution in [0.5, 0.6) is 0 Å². The molecule has 2 aromatic heterocycles. The number of aliphatic hydroxyl groups is 1. The molecule has 1 atom stereocenters. The van der Waals surface area contributed by atoms with Crippen molar-refractivity contribution in [3.05, 3.63) is 40.0 Å². The van der Waals surface area contributed by atoms with Gasteiger partial charge >= 0.3 is 0 Å². The Kier molecular flexibility index (Phi) is 4.27. The Morgan fingerprint density at radius 3 is 2.81 bits per heavy atom. The van der Waals surface area contributed by atoms with Gasteiger partial charge in [-0.1, -0.05) is 19.1 Å². The topological polar surface area (TPSA) is 107 Å². The summed E-state index contributed by atoms with van der Waals surface area (Å²) in [4.78, 5) is 14.3. The minimum Gasteiger partial charge on any atom is -0.387 e. The quantitative estimate of drug-likeness (QED) is 0.666. The van der Waals surface area contributed by atoms with E-state index in [1.54, 1.807) is 13.1 Å². The smallest absolute Gasteiger partial charge is 0.289 e. The summed E-state index contributed by atoms with van der Waals surface area (Å²) in [5.41, 5.74) is 1.39. The van der Waals surface area contributed by atoms with E-state index in [9.17, 15) is 15.2 Å². The molecule has 2 rings (SSSR count). The van der Waals surface area contributed by atoms with E-state index in [2.05, 4.69) is 15.3 Å². The van der Waals surface area contributed by atoms with Crippen LogP contribution in [0.4, 0.5) is 5.69 Å². The molecule has 2 heterocycles. The SMILES string of the molecule is Cc1ncc([N+](=O)[O-])cc1-n1cc(C(O)CC(C)C)nn1. The van der Waals surface area contributed by atoms with Gasteiger partial charge in [-0.3, -0.25) is 15.1 Å². The molecule has 8 heteroatoms. The summed E-state index contributed by atoms with van der Waals surface area (Å²) >= 11 is 0. The minimum absolute atomic E-state index is 0.115. The molecule has 0 radical (unpaired) electrons. The maximum atomic E-state index is 10.8. The number of aliphatic hydroxyl groups excluding tert-OH is 1. The lowest BCUT2D eigenvalue weighted by Crippen LogP contribution is -2.03. The molecule has 0 amide bonds. The van der Waals surface area contributed by atoms with Crippen LogP contribution in [-0.4, -0.2) is 30.0 Å². The molecule has 0 saturated heterocycles.